The Bertz CT molecular complexity index is 739. The Hall–Kier alpha value is -2.47. The lowest BCUT2D eigenvalue weighted by molar-refractivity contribution is -0.00441. The highest BCUT2D eigenvalue weighted by Gasteiger charge is 2.32. The van der Waals surface area contributed by atoms with Crippen molar-refractivity contribution in [1.82, 2.24) is 9.88 Å². The zero-order valence-corrected chi connectivity index (χ0v) is 13.8. The summed E-state index contributed by atoms with van der Waals surface area (Å²) in [6, 6.07) is 8.78. The van der Waals surface area contributed by atoms with Gasteiger partial charge in [-0.25, -0.2) is 4.98 Å². The summed E-state index contributed by atoms with van der Waals surface area (Å²) in [6.07, 6.45) is 0.224. The number of amides is 1. The summed E-state index contributed by atoms with van der Waals surface area (Å²) in [7, 11) is 0. The first-order valence-electron chi connectivity index (χ1n) is 7.97. The monoisotopic (exact) mass is 328 g/mol. The number of hydrogen-bond acceptors (Lipinski definition) is 5. The number of rotatable bonds is 4. The molecule has 1 atom stereocenters. The number of aryl methyl sites for hydroxylation is 2. The van der Waals surface area contributed by atoms with Gasteiger partial charge in [-0.2, -0.15) is 0 Å². The number of ether oxygens (including phenoxy) is 1. The quantitative estimate of drug-likeness (QED) is 0.806. The van der Waals surface area contributed by atoms with Crippen LogP contribution in [-0.2, 0) is 4.74 Å². The van der Waals surface area contributed by atoms with E-state index in [1.165, 1.54) is 0 Å². The molecule has 1 aromatic carbocycles. The largest absolute Gasteiger partial charge is 0.436 e. The van der Waals surface area contributed by atoms with Crippen molar-refractivity contribution < 1.29 is 18.7 Å². The Morgan fingerprint density at radius 2 is 2.00 bits per heavy atom. The molecular weight excluding hydrogens is 308 g/mol. The third-order valence-electron chi connectivity index (χ3n) is 4.10. The Morgan fingerprint density at radius 1 is 1.25 bits per heavy atom. The molecular formula is C18H20N2O4. The van der Waals surface area contributed by atoms with E-state index in [0.717, 1.165) is 0 Å². The number of Topliss-reactive ketones (excluding diaryl/α,β-unsaturated/α-hetero) is 1. The van der Waals surface area contributed by atoms with Crippen molar-refractivity contribution in [3.63, 3.8) is 0 Å². The highest BCUT2D eigenvalue weighted by atomic mass is 16.5. The maximum absolute atomic E-state index is 12.8. The standard InChI is InChI=1S/C18H20N2O4/c1-12-17(24-13(2)19-12)18(22)20-8-9-23-11-15(20)10-16(21)14-6-4-3-5-7-14/h3-7,15H,8-11H2,1-2H3/t15-/m1/s1. The number of nitrogens with zero attached hydrogens (tertiary/aromatic N) is 2. The first-order valence-corrected chi connectivity index (χ1v) is 7.97. The molecule has 1 aliphatic rings. The molecule has 0 unspecified atom stereocenters. The number of carbonyl (C=O) groups is 2. The number of benzene rings is 1. The molecule has 0 radical (unpaired) electrons. The smallest absolute Gasteiger partial charge is 0.291 e. The SMILES string of the molecule is Cc1nc(C)c(C(=O)N2CCOC[C@H]2CC(=O)c2ccccc2)o1. The van der Waals surface area contributed by atoms with Crippen LogP contribution in [0, 0.1) is 13.8 Å². The first-order chi connectivity index (χ1) is 11.6. The fraction of sp³-hybridized carbons (Fsp3) is 0.389. The summed E-state index contributed by atoms with van der Waals surface area (Å²) in [5.41, 5.74) is 1.21. The van der Waals surface area contributed by atoms with E-state index in [0.29, 0.717) is 36.9 Å². The number of hydrogen-bond donors (Lipinski definition) is 0. The molecule has 0 aliphatic carbocycles. The summed E-state index contributed by atoms with van der Waals surface area (Å²) in [5.74, 6) is 0.462. The number of morpholine rings is 1. The van der Waals surface area contributed by atoms with E-state index in [1.807, 2.05) is 18.2 Å². The van der Waals surface area contributed by atoms with Crippen LogP contribution in [0.3, 0.4) is 0 Å². The highest BCUT2D eigenvalue weighted by molar-refractivity contribution is 5.97. The molecule has 6 heteroatoms. The zero-order valence-electron chi connectivity index (χ0n) is 13.8. The van der Waals surface area contributed by atoms with Crippen LogP contribution in [-0.4, -0.2) is 47.4 Å². The van der Waals surface area contributed by atoms with Gasteiger partial charge in [-0.05, 0) is 6.92 Å². The van der Waals surface area contributed by atoms with Gasteiger partial charge >= 0.3 is 0 Å². The fourth-order valence-electron chi connectivity index (χ4n) is 2.91. The van der Waals surface area contributed by atoms with Gasteiger partial charge < -0.3 is 14.1 Å². The summed E-state index contributed by atoms with van der Waals surface area (Å²) in [6.45, 7) is 4.68. The third kappa shape index (κ3) is 3.38. The maximum Gasteiger partial charge on any atom is 0.291 e. The maximum atomic E-state index is 12.8. The van der Waals surface area contributed by atoms with E-state index in [1.54, 1.807) is 30.9 Å². The summed E-state index contributed by atoms with van der Waals surface area (Å²) in [5, 5.41) is 0. The minimum absolute atomic E-state index is 0.00521. The molecule has 1 aromatic heterocycles. The van der Waals surface area contributed by atoms with Gasteiger partial charge in [-0.1, -0.05) is 30.3 Å². The summed E-state index contributed by atoms with van der Waals surface area (Å²) < 4.78 is 10.9. The third-order valence-corrected chi connectivity index (χ3v) is 4.10. The molecule has 3 rings (SSSR count). The fourth-order valence-corrected chi connectivity index (χ4v) is 2.91. The van der Waals surface area contributed by atoms with E-state index in [9.17, 15) is 9.59 Å². The Morgan fingerprint density at radius 3 is 2.67 bits per heavy atom. The van der Waals surface area contributed by atoms with Crippen molar-refractivity contribution in [3.8, 4) is 0 Å². The van der Waals surface area contributed by atoms with Crippen LogP contribution in [0.2, 0.25) is 0 Å². The van der Waals surface area contributed by atoms with Crippen LogP contribution in [0.25, 0.3) is 0 Å². The Labute approximate surface area is 140 Å². The number of ketones is 1. The highest BCUT2D eigenvalue weighted by Crippen LogP contribution is 2.19. The van der Waals surface area contributed by atoms with Gasteiger partial charge in [0.15, 0.2) is 11.7 Å². The molecule has 24 heavy (non-hydrogen) atoms. The summed E-state index contributed by atoms with van der Waals surface area (Å²) in [4.78, 5) is 31.1. The number of oxazole rings is 1. The number of carbonyl (C=O) groups excluding carboxylic acids is 2. The predicted octanol–water partition coefficient (Wildman–Crippen LogP) is 2.41. The molecule has 6 nitrogen and oxygen atoms in total. The minimum Gasteiger partial charge on any atom is -0.436 e. The van der Waals surface area contributed by atoms with Gasteiger partial charge in [-0.3, -0.25) is 9.59 Å². The molecule has 1 fully saturated rings. The van der Waals surface area contributed by atoms with Crippen LogP contribution >= 0.6 is 0 Å². The van der Waals surface area contributed by atoms with Gasteiger partial charge in [0.1, 0.15) is 0 Å². The second-order valence-electron chi connectivity index (χ2n) is 5.87. The molecule has 2 heterocycles. The van der Waals surface area contributed by atoms with E-state index in [-0.39, 0.29) is 29.9 Å². The minimum atomic E-state index is -0.302. The van der Waals surface area contributed by atoms with Gasteiger partial charge in [0.05, 0.1) is 24.9 Å². The van der Waals surface area contributed by atoms with Crippen molar-refractivity contribution in [2.75, 3.05) is 19.8 Å². The van der Waals surface area contributed by atoms with Gasteiger partial charge in [0, 0.05) is 25.5 Å². The van der Waals surface area contributed by atoms with Crippen LogP contribution in [0.4, 0.5) is 0 Å². The van der Waals surface area contributed by atoms with Crippen molar-refractivity contribution in [1.29, 1.82) is 0 Å². The average molecular weight is 328 g/mol. The van der Waals surface area contributed by atoms with Gasteiger partial charge in [0.2, 0.25) is 5.76 Å². The molecule has 1 saturated heterocycles. The van der Waals surface area contributed by atoms with Gasteiger partial charge in [-0.15, -0.1) is 0 Å². The topological polar surface area (TPSA) is 72.6 Å². The van der Waals surface area contributed by atoms with Crippen LogP contribution in [0.5, 0.6) is 0 Å². The molecule has 0 N–H and O–H groups in total. The normalized spacial score (nSPS) is 17.8. The van der Waals surface area contributed by atoms with Crippen LogP contribution in [0.15, 0.2) is 34.7 Å². The molecule has 0 bridgehead atoms. The predicted molar refractivity (Wildman–Crippen MR) is 87.0 cm³/mol. The second-order valence-corrected chi connectivity index (χ2v) is 5.87. The van der Waals surface area contributed by atoms with E-state index < -0.39 is 0 Å². The van der Waals surface area contributed by atoms with E-state index in [4.69, 9.17) is 9.15 Å². The van der Waals surface area contributed by atoms with Gasteiger partial charge in [0.25, 0.3) is 5.91 Å². The lowest BCUT2D eigenvalue weighted by Crippen LogP contribution is -2.49. The van der Waals surface area contributed by atoms with Crippen LogP contribution < -0.4 is 0 Å². The molecule has 126 valence electrons. The molecule has 1 aliphatic heterocycles. The molecule has 0 spiro atoms. The lowest BCUT2D eigenvalue weighted by Gasteiger charge is -2.34. The van der Waals surface area contributed by atoms with E-state index in [2.05, 4.69) is 4.98 Å². The Balaban J connectivity index is 1.77. The molecule has 1 amide bonds. The summed E-state index contributed by atoms with van der Waals surface area (Å²) >= 11 is 0. The zero-order chi connectivity index (χ0) is 17.1. The van der Waals surface area contributed by atoms with Crippen molar-refractivity contribution in [2.24, 2.45) is 0 Å². The first kappa shape index (κ1) is 16.4. The number of aromatic nitrogens is 1. The van der Waals surface area contributed by atoms with Crippen molar-refractivity contribution in [2.45, 2.75) is 26.3 Å². The second kappa shape index (κ2) is 6.97. The Kier molecular flexibility index (Phi) is 4.76. The lowest BCUT2D eigenvalue weighted by atomic mass is 10.0. The van der Waals surface area contributed by atoms with Crippen molar-refractivity contribution >= 4 is 11.7 Å². The molecule has 2 aromatic rings. The van der Waals surface area contributed by atoms with Crippen molar-refractivity contribution in [3.05, 3.63) is 53.2 Å². The van der Waals surface area contributed by atoms with Crippen LogP contribution in [0.1, 0.15) is 38.9 Å². The molecule has 0 saturated carbocycles. The average Bonchev–Trinajstić information content (AvgIpc) is 2.94. The van der Waals surface area contributed by atoms with E-state index >= 15 is 0 Å².